The highest BCUT2D eigenvalue weighted by molar-refractivity contribution is 7.88. The van der Waals surface area contributed by atoms with Gasteiger partial charge in [0.2, 0.25) is 10.0 Å². The molecule has 0 amide bonds. The van der Waals surface area contributed by atoms with E-state index in [1.165, 1.54) is 13.2 Å². The standard InChI is InChI=1S/C11H12O2.C6H16N2O2S.CH4O3S/c1-9(12)7-11(13)8-10-5-3-2-4-6-10;1-8(2)6-4-5-7-11(3,9)10;1-5(2,3)4/h2-6H,7-8H2,1H3;7H,4-6H2,1-3H3;1H3,(H,2,3,4). The number of benzene rings is 1. The summed E-state index contributed by atoms with van der Waals surface area (Å²) in [6.07, 6.45) is 3.14. The molecule has 0 atom stereocenters. The first-order valence-electron chi connectivity index (χ1n) is 8.67. The molecule has 9 nitrogen and oxygen atoms in total. The third-order valence-corrected chi connectivity index (χ3v) is 3.57. The molecule has 11 heteroatoms. The molecule has 0 aliphatic carbocycles. The van der Waals surface area contributed by atoms with Crippen molar-refractivity contribution in [2.75, 3.05) is 39.7 Å². The van der Waals surface area contributed by atoms with Crippen molar-refractivity contribution in [3.05, 3.63) is 35.9 Å². The van der Waals surface area contributed by atoms with Crippen molar-refractivity contribution < 1.29 is 31.0 Å². The van der Waals surface area contributed by atoms with Gasteiger partial charge in [0, 0.05) is 13.0 Å². The number of Topliss-reactive ketones (excluding diaryl/α,β-unsaturated/α-hetero) is 2. The molecule has 0 bridgehead atoms. The molecule has 0 saturated heterocycles. The van der Waals surface area contributed by atoms with Crippen LogP contribution < -0.4 is 4.72 Å². The SMILES string of the molecule is CC(=O)CC(=O)Cc1ccccc1.CN(C)CCCNS(C)(=O)=O.CS(=O)(=O)O. The van der Waals surface area contributed by atoms with Crippen LogP contribution in [0.4, 0.5) is 0 Å². The second-order valence-electron chi connectivity index (χ2n) is 6.64. The van der Waals surface area contributed by atoms with Crippen LogP contribution in [0, 0.1) is 0 Å². The second kappa shape index (κ2) is 15.2. The molecule has 0 spiro atoms. The van der Waals surface area contributed by atoms with E-state index >= 15 is 0 Å². The summed E-state index contributed by atoms with van der Waals surface area (Å²) in [5, 5.41) is 0. The van der Waals surface area contributed by atoms with Gasteiger partial charge in [-0.25, -0.2) is 13.1 Å². The van der Waals surface area contributed by atoms with Gasteiger partial charge in [0.25, 0.3) is 10.1 Å². The summed E-state index contributed by atoms with van der Waals surface area (Å²) in [5.74, 6) is -0.0837. The van der Waals surface area contributed by atoms with Crippen LogP contribution in [-0.4, -0.2) is 77.6 Å². The molecule has 0 saturated carbocycles. The summed E-state index contributed by atoms with van der Waals surface area (Å²) >= 11 is 0. The average Bonchev–Trinajstić information content (AvgIpc) is 2.49. The molecule has 1 aromatic carbocycles. The maximum absolute atomic E-state index is 11.2. The topological polar surface area (TPSA) is 138 Å². The smallest absolute Gasteiger partial charge is 0.261 e. The summed E-state index contributed by atoms with van der Waals surface area (Å²) in [6, 6.07) is 9.45. The summed E-state index contributed by atoms with van der Waals surface area (Å²) in [5.41, 5.74) is 0.966. The largest absolute Gasteiger partial charge is 0.309 e. The number of ketones is 2. The van der Waals surface area contributed by atoms with Crippen molar-refractivity contribution in [1.82, 2.24) is 9.62 Å². The molecule has 1 aromatic rings. The zero-order valence-electron chi connectivity index (χ0n) is 17.6. The van der Waals surface area contributed by atoms with Crippen molar-refractivity contribution in [2.24, 2.45) is 0 Å². The molecule has 0 unspecified atom stereocenters. The predicted molar refractivity (Wildman–Crippen MR) is 114 cm³/mol. The summed E-state index contributed by atoms with van der Waals surface area (Å²) in [7, 11) is -2.74. The zero-order chi connectivity index (χ0) is 23.1. The Morgan fingerprint density at radius 3 is 1.90 bits per heavy atom. The highest BCUT2D eigenvalue weighted by atomic mass is 32.2. The van der Waals surface area contributed by atoms with Gasteiger partial charge in [-0.3, -0.25) is 14.1 Å². The number of hydrogen-bond acceptors (Lipinski definition) is 7. The third kappa shape index (κ3) is 31.3. The molecule has 2 N–H and O–H groups in total. The average molecular weight is 453 g/mol. The lowest BCUT2D eigenvalue weighted by Gasteiger charge is -2.08. The van der Waals surface area contributed by atoms with Gasteiger partial charge in [-0.1, -0.05) is 30.3 Å². The lowest BCUT2D eigenvalue weighted by atomic mass is 10.1. The number of sulfonamides is 1. The molecule has 1 rings (SSSR count). The van der Waals surface area contributed by atoms with E-state index in [2.05, 4.69) is 4.72 Å². The van der Waals surface area contributed by atoms with E-state index in [9.17, 15) is 26.4 Å². The molecular weight excluding hydrogens is 420 g/mol. The van der Waals surface area contributed by atoms with Crippen molar-refractivity contribution in [3.8, 4) is 0 Å². The van der Waals surface area contributed by atoms with Gasteiger partial charge in [0.1, 0.15) is 11.6 Å². The number of nitrogens with zero attached hydrogens (tertiary/aromatic N) is 1. The number of hydrogen-bond donors (Lipinski definition) is 2. The maximum atomic E-state index is 11.2. The van der Waals surface area contributed by atoms with Crippen molar-refractivity contribution in [2.45, 2.75) is 26.2 Å². The Balaban J connectivity index is 0. The van der Waals surface area contributed by atoms with Gasteiger partial charge >= 0.3 is 0 Å². The van der Waals surface area contributed by atoms with Crippen LogP contribution in [0.2, 0.25) is 0 Å². The molecule has 0 aliphatic heterocycles. The Hall–Kier alpha value is -1.66. The van der Waals surface area contributed by atoms with Gasteiger partial charge in [-0.05, 0) is 39.5 Å². The number of carbonyl (C=O) groups is 2. The molecule has 0 fully saturated rings. The zero-order valence-corrected chi connectivity index (χ0v) is 19.2. The van der Waals surface area contributed by atoms with Crippen LogP contribution in [0.5, 0.6) is 0 Å². The molecule has 29 heavy (non-hydrogen) atoms. The summed E-state index contributed by atoms with van der Waals surface area (Å²) < 4.78 is 49.4. The normalized spacial score (nSPS) is 11.0. The molecule has 0 aromatic heterocycles. The van der Waals surface area contributed by atoms with Crippen LogP contribution in [0.15, 0.2) is 30.3 Å². The second-order valence-corrected chi connectivity index (χ2v) is 9.94. The third-order valence-electron chi connectivity index (χ3n) is 2.84. The molecular formula is C18H32N2O7S2. The predicted octanol–water partition coefficient (Wildman–Crippen LogP) is 0.769. The highest BCUT2D eigenvalue weighted by Gasteiger charge is 2.05. The Kier molecular flexibility index (Phi) is 15.5. The van der Waals surface area contributed by atoms with Crippen molar-refractivity contribution in [3.63, 3.8) is 0 Å². The van der Waals surface area contributed by atoms with Crippen LogP contribution >= 0.6 is 0 Å². The van der Waals surface area contributed by atoms with Crippen LogP contribution in [-0.2, 0) is 36.2 Å². The Morgan fingerprint density at radius 1 is 1.03 bits per heavy atom. The van der Waals surface area contributed by atoms with E-state index in [4.69, 9.17) is 4.55 Å². The summed E-state index contributed by atoms with van der Waals surface area (Å²) in [6.45, 7) is 2.86. The van der Waals surface area contributed by atoms with Crippen LogP contribution in [0.25, 0.3) is 0 Å². The van der Waals surface area contributed by atoms with E-state index in [1.54, 1.807) is 0 Å². The van der Waals surface area contributed by atoms with Gasteiger partial charge in [-0.15, -0.1) is 0 Å². The Morgan fingerprint density at radius 2 is 1.52 bits per heavy atom. The maximum Gasteiger partial charge on any atom is 0.261 e. The first kappa shape index (κ1) is 29.5. The van der Waals surface area contributed by atoms with E-state index in [0.717, 1.165) is 18.5 Å². The van der Waals surface area contributed by atoms with Crippen molar-refractivity contribution in [1.29, 1.82) is 0 Å². The van der Waals surface area contributed by atoms with E-state index in [-0.39, 0.29) is 18.0 Å². The fourth-order valence-electron chi connectivity index (χ4n) is 1.82. The van der Waals surface area contributed by atoms with Gasteiger partial charge < -0.3 is 4.90 Å². The van der Waals surface area contributed by atoms with Gasteiger partial charge in [0.05, 0.1) is 18.9 Å². The first-order chi connectivity index (χ1) is 13.1. The summed E-state index contributed by atoms with van der Waals surface area (Å²) in [4.78, 5) is 23.8. The van der Waals surface area contributed by atoms with Gasteiger partial charge in [0.15, 0.2) is 0 Å². The fraction of sp³-hybridized carbons (Fsp3) is 0.556. The van der Waals surface area contributed by atoms with E-state index in [1.807, 2.05) is 49.3 Å². The minimum absolute atomic E-state index is 0.0151. The quantitative estimate of drug-likeness (QED) is 0.318. The molecule has 168 valence electrons. The molecule has 0 aliphatic rings. The molecule has 0 heterocycles. The number of carbonyl (C=O) groups excluding carboxylic acids is 2. The van der Waals surface area contributed by atoms with E-state index in [0.29, 0.717) is 19.2 Å². The Bertz CT molecular complexity index is 798. The number of nitrogens with one attached hydrogen (secondary N) is 1. The first-order valence-corrected chi connectivity index (χ1v) is 12.4. The van der Waals surface area contributed by atoms with Crippen LogP contribution in [0.1, 0.15) is 25.3 Å². The molecule has 0 radical (unpaired) electrons. The Labute approximate surface area is 174 Å². The fourth-order valence-corrected chi connectivity index (χ4v) is 2.33. The van der Waals surface area contributed by atoms with Crippen molar-refractivity contribution >= 4 is 31.7 Å². The lowest BCUT2D eigenvalue weighted by molar-refractivity contribution is -0.125. The van der Waals surface area contributed by atoms with Gasteiger partial charge in [-0.2, -0.15) is 8.42 Å². The minimum Gasteiger partial charge on any atom is -0.309 e. The van der Waals surface area contributed by atoms with Crippen LogP contribution in [0.3, 0.4) is 0 Å². The number of rotatable bonds is 9. The highest BCUT2D eigenvalue weighted by Crippen LogP contribution is 2.01. The lowest BCUT2D eigenvalue weighted by Crippen LogP contribution is -2.25. The van der Waals surface area contributed by atoms with E-state index < -0.39 is 20.1 Å². The monoisotopic (exact) mass is 452 g/mol. The minimum atomic E-state index is -3.67.